The zero-order valence-electron chi connectivity index (χ0n) is 20.0. The van der Waals surface area contributed by atoms with E-state index in [-0.39, 0.29) is 0 Å². The van der Waals surface area contributed by atoms with Gasteiger partial charge in [0.25, 0.3) is 0 Å². The van der Waals surface area contributed by atoms with E-state index in [1.54, 1.807) is 5.56 Å². The molecule has 2 saturated carbocycles. The zero-order chi connectivity index (χ0) is 22.0. The second-order valence-corrected chi connectivity index (χ2v) is 10.4. The third kappa shape index (κ3) is 4.89. The molecule has 2 aliphatic carbocycles. The molecule has 0 aromatic heterocycles. The quantitative estimate of drug-likeness (QED) is 0.399. The van der Waals surface area contributed by atoms with Crippen LogP contribution in [0.2, 0.25) is 0 Å². The lowest BCUT2D eigenvalue weighted by Gasteiger charge is -2.22. The summed E-state index contributed by atoms with van der Waals surface area (Å²) in [7, 11) is 0. The third-order valence-corrected chi connectivity index (χ3v) is 8.12. The van der Waals surface area contributed by atoms with Crippen LogP contribution in [0.4, 0.5) is 0 Å². The molecule has 0 aliphatic heterocycles. The van der Waals surface area contributed by atoms with Crippen molar-refractivity contribution >= 4 is 0 Å². The molecule has 0 nitrogen and oxygen atoms in total. The van der Waals surface area contributed by atoms with Crippen molar-refractivity contribution in [3.8, 4) is 11.1 Å². The molecule has 0 N–H and O–H groups in total. The number of benzene rings is 2. The molecule has 2 atom stereocenters. The van der Waals surface area contributed by atoms with Gasteiger partial charge in [0.2, 0.25) is 0 Å². The maximum atomic E-state index is 4.30. The van der Waals surface area contributed by atoms with E-state index in [1.165, 1.54) is 77.5 Å². The molecular weight excluding hydrogens is 372 g/mol. The van der Waals surface area contributed by atoms with Gasteiger partial charge in [-0.05, 0) is 98.4 Å². The second kappa shape index (κ2) is 9.60. The lowest BCUT2D eigenvalue weighted by Crippen LogP contribution is -2.10. The Hall–Kier alpha value is -2.08. The fraction of sp³-hybridized carbons (Fsp3) is 0.484. The lowest BCUT2D eigenvalue weighted by atomic mass is 9.83. The highest BCUT2D eigenvalue weighted by Crippen LogP contribution is 2.40. The first-order valence-corrected chi connectivity index (χ1v) is 12.5. The molecule has 2 aromatic rings. The molecule has 0 amide bonds. The Morgan fingerprint density at radius 2 is 1.68 bits per heavy atom. The smallest absolute Gasteiger partial charge is 0.000188 e. The SMILES string of the molecule is C=C1CCC(=C)C1CCCc1ccccc1-c1cc(C)cc(C)c1CC1CCCC1C. The van der Waals surface area contributed by atoms with E-state index in [0.29, 0.717) is 5.92 Å². The Bertz CT molecular complexity index is 944. The van der Waals surface area contributed by atoms with E-state index in [9.17, 15) is 0 Å². The molecule has 0 saturated heterocycles. The van der Waals surface area contributed by atoms with Crippen LogP contribution in [-0.4, -0.2) is 0 Å². The van der Waals surface area contributed by atoms with Crippen molar-refractivity contribution in [2.45, 2.75) is 78.6 Å². The zero-order valence-corrected chi connectivity index (χ0v) is 20.0. The van der Waals surface area contributed by atoms with Crippen LogP contribution in [0.1, 0.15) is 74.1 Å². The predicted molar refractivity (Wildman–Crippen MR) is 136 cm³/mol. The summed E-state index contributed by atoms with van der Waals surface area (Å²) in [5.41, 5.74) is 11.7. The van der Waals surface area contributed by atoms with Gasteiger partial charge in [-0.15, -0.1) is 0 Å². The monoisotopic (exact) mass is 412 g/mol. The minimum atomic E-state index is 0.549. The van der Waals surface area contributed by atoms with Crippen LogP contribution < -0.4 is 0 Å². The average molecular weight is 413 g/mol. The maximum Gasteiger partial charge on any atom is 0.000188 e. The largest absolute Gasteiger partial charge is 0.0992 e. The fourth-order valence-electron chi connectivity index (χ4n) is 6.16. The molecule has 2 aliphatic rings. The van der Waals surface area contributed by atoms with Crippen molar-refractivity contribution in [2.24, 2.45) is 17.8 Å². The third-order valence-electron chi connectivity index (χ3n) is 8.12. The van der Waals surface area contributed by atoms with Gasteiger partial charge >= 0.3 is 0 Å². The van der Waals surface area contributed by atoms with Gasteiger partial charge in [-0.1, -0.05) is 86.0 Å². The second-order valence-electron chi connectivity index (χ2n) is 10.4. The van der Waals surface area contributed by atoms with E-state index >= 15 is 0 Å². The molecule has 31 heavy (non-hydrogen) atoms. The molecule has 0 radical (unpaired) electrons. The number of hydrogen-bond donors (Lipinski definition) is 0. The van der Waals surface area contributed by atoms with Crippen LogP contribution in [-0.2, 0) is 12.8 Å². The fourth-order valence-corrected chi connectivity index (χ4v) is 6.16. The molecule has 4 rings (SSSR count). The maximum absolute atomic E-state index is 4.30. The van der Waals surface area contributed by atoms with Gasteiger partial charge in [-0.3, -0.25) is 0 Å². The van der Waals surface area contributed by atoms with Crippen LogP contribution in [0.15, 0.2) is 60.7 Å². The van der Waals surface area contributed by atoms with E-state index in [4.69, 9.17) is 0 Å². The summed E-state index contributed by atoms with van der Waals surface area (Å²) in [4.78, 5) is 0. The molecular formula is C31H40. The normalized spacial score (nSPS) is 21.9. The number of aryl methyl sites for hydroxylation is 3. The molecule has 2 fully saturated rings. The van der Waals surface area contributed by atoms with Crippen LogP contribution in [0.25, 0.3) is 11.1 Å². The standard InChI is InChI=1S/C31H40/c1-21-18-25(5)30(20-27-13-8-10-22(27)2)31(19-21)29-14-7-6-11-26(29)12-9-15-28-23(3)16-17-24(28)4/h6-7,11,14,18-19,22,27-28H,3-4,8-10,12-13,15-17,20H2,1-2,5H3. The summed E-state index contributed by atoms with van der Waals surface area (Å²) < 4.78 is 0. The van der Waals surface area contributed by atoms with Gasteiger partial charge in [0.1, 0.15) is 0 Å². The van der Waals surface area contributed by atoms with Gasteiger partial charge in [-0.25, -0.2) is 0 Å². The van der Waals surface area contributed by atoms with Crippen LogP contribution in [0.5, 0.6) is 0 Å². The summed E-state index contributed by atoms with van der Waals surface area (Å²) in [5, 5.41) is 0. The van der Waals surface area contributed by atoms with Gasteiger partial charge in [-0.2, -0.15) is 0 Å². The van der Waals surface area contributed by atoms with E-state index < -0.39 is 0 Å². The Morgan fingerprint density at radius 1 is 0.935 bits per heavy atom. The number of hydrogen-bond acceptors (Lipinski definition) is 0. The number of allylic oxidation sites excluding steroid dienone is 2. The first-order chi connectivity index (χ1) is 14.9. The molecule has 0 bridgehead atoms. The van der Waals surface area contributed by atoms with Crippen LogP contribution in [0, 0.1) is 31.6 Å². The predicted octanol–water partition coefficient (Wildman–Crippen LogP) is 8.79. The summed E-state index contributed by atoms with van der Waals surface area (Å²) in [5.74, 6) is 2.25. The van der Waals surface area contributed by atoms with Crippen LogP contribution >= 0.6 is 0 Å². The van der Waals surface area contributed by atoms with Gasteiger partial charge in [0, 0.05) is 5.92 Å². The highest BCUT2D eigenvalue weighted by atomic mass is 14.3. The summed E-state index contributed by atoms with van der Waals surface area (Å²) >= 11 is 0. The summed E-state index contributed by atoms with van der Waals surface area (Å²) in [6.07, 6.45) is 11.3. The first kappa shape index (κ1) is 22.1. The molecule has 0 heterocycles. The molecule has 2 aromatic carbocycles. The molecule has 2 unspecified atom stereocenters. The Morgan fingerprint density at radius 3 is 2.39 bits per heavy atom. The summed E-state index contributed by atoms with van der Waals surface area (Å²) in [6, 6.07) is 14.0. The Kier molecular flexibility index (Phi) is 6.85. The Balaban J connectivity index is 1.59. The van der Waals surface area contributed by atoms with Crippen molar-refractivity contribution in [3.05, 3.63) is 83.0 Å². The van der Waals surface area contributed by atoms with Crippen molar-refractivity contribution in [1.29, 1.82) is 0 Å². The highest BCUT2D eigenvalue weighted by Gasteiger charge is 2.26. The molecule has 0 spiro atoms. The van der Waals surface area contributed by atoms with Crippen molar-refractivity contribution in [2.75, 3.05) is 0 Å². The minimum Gasteiger partial charge on any atom is -0.0992 e. The van der Waals surface area contributed by atoms with Crippen molar-refractivity contribution in [1.82, 2.24) is 0 Å². The lowest BCUT2D eigenvalue weighted by molar-refractivity contribution is 0.417. The van der Waals surface area contributed by atoms with Gasteiger partial charge in [0.15, 0.2) is 0 Å². The van der Waals surface area contributed by atoms with E-state index in [1.807, 2.05) is 0 Å². The van der Waals surface area contributed by atoms with E-state index in [2.05, 4.69) is 70.3 Å². The minimum absolute atomic E-state index is 0.549. The van der Waals surface area contributed by atoms with E-state index in [0.717, 1.165) is 31.1 Å². The van der Waals surface area contributed by atoms with Gasteiger partial charge in [0.05, 0.1) is 0 Å². The topological polar surface area (TPSA) is 0 Å². The van der Waals surface area contributed by atoms with Crippen LogP contribution in [0.3, 0.4) is 0 Å². The van der Waals surface area contributed by atoms with Gasteiger partial charge < -0.3 is 0 Å². The van der Waals surface area contributed by atoms with Crippen molar-refractivity contribution in [3.63, 3.8) is 0 Å². The summed E-state index contributed by atoms with van der Waals surface area (Å²) in [6.45, 7) is 15.6. The van der Waals surface area contributed by atoms with Crippen molar-refractivity contribution < 1.29 is 0 Å². The molecule has 0 heteroatoms. The first-order valence-electron chi connectivity index (χ1n) is 12.5. The average Bonchev–Trinajstić information content (AvgIpc) is 3.29. The number of rotatable bonds is 7. The Labute approximate surface area is 190 Å². The molecule has 164 valence electrons. The highest BCUT2D eigenvalue weighted by molar-refractivity contribution is 5.73.